The predicted molar refractivity (Wildman–Crippen MR) is 110 cm³/mol. The van der Waals surface area contributed by atoms with Gasteiger partial charge in [-0.05, 0) is 52.2 Å². The van der Waals surface area contributed by atoms with Crippen molar-refractivity contribution in [3.8, 4) is 0 Å². The maximum atomic E-state index is 13.1. The summed E-state index contributed by atoms with van der Waals surface area (Å²) in [5, 5.41) is 0.244. The van der Waals surface area contributed by atoms with Gasteiger partial charge in [-0.3, -0.25) is 4.79 Å². The average molecular weight is 429 g/mol. The maximum Gasteiger partial charge on any atom is 0.281 e. The summed E-state index contributed by atoms with van der Waals surface area (Å²) in [6, 6.07) is 6.94. The number of quaternary nitrogens is 1. The summed E-state index contributed by atoms with van der Waals surface area (Å²) in [5.41, 5.74) is 0. The van der Waals surface area contributed by atoms with Crippen LogP contribution in [0.2, 0.25) is 5.02 Å². The van der Waals surface area contributed by atoms with Gasteiger partial charge in [0, 0.05) is 12.1 Å². The molecule has 0 bridgehead atoms. The van der Waals surface area contributed by atoms with Crippen molar-refractivity contribution in [3.63, 3.8) is 0 Å². The summed E-state index contributed by atoms with van der Waals surface area (Å²) in [4.78, 5) is 16.5. The average Bonchev–Trinajstić information content (AvgIpc) is 2.67. The summed E-state index contributed by atoms with van der Waals surface area (Å²) < 4.78 is 27.3. The topological polar surface area (TPSA) is 62.1 Å². The fourth-order valence-electron chi connectivity index (χ4n) is 4.49. The highest BCUT2D eigenvalue weighted by atomic mass is 35.5. The first-order valence-electron chi connectivity index (χ1n) is 10.1. The molecule has 2 heterocycles. The molecule has 156 valence electrons. The lowest BCUT2D eigenvalue weighted by molar-refractivity contribution is -0.918. The molecule has 0 spiro atoms. The van der Waals surface area contributed by atoms with E-state index in [1.165, 1.54) is 10.7 Å². The lowest BCUT2D eigenvalue weighted by Gasteiger charge is -2.42. The first-order chi connectivity index (χ1) is 13.2. The normalized spacial score (nSPS) is 26.2. The zero-order valence-corrected chi connectivity index (χ0v) is 18.5. The lowest BCUT2D eigenvalue weighted by Crippen LogP contribution is -3.19. The van der Waals surface area contributed by atoms with Crippen LogP contribution in [-0.4, -0.2) is 67.8 Å². The van der Waals surface area contributed by atoms with Crippen LogP contribution in [0.15, 0.2) is 29.2 Å². The van der Waals surface area contributed by atoms with E-state index in [1.807, 2.05) is 11.8 Å². The van der Waals surface area contributed by atoms with Crippen LogP contribution in [0.25, 0.3) is 0 Å². The molecule has 2 saturated heterocycles. The van der Waals surface area contributed by atoms with Crippen molar-refractivity contribution in [2.24, 2.45) is 0 Å². The number of halogens is 1. The number of sulfonamides is 1. The SMILES string of the molecule is C[C@H](C(=O)N1[C@@H](C)CCC[C@@H]1C)[NH+]1CCN(S(=O)(=O)c2ccccc2Cl)CC1. The molecule has 0 saturated carbocycles. The van der Waals surface area contributed by atoms with Crippen molar-refractivity contribution in [1.29, 1.82) is 0 Å². The predicted octanol–water partition coefficient (Wildman–Crippen LogP) is 1.41. The quantitative estimate of drug-likeness (QED) is 0.788. The van der Waals surface area contributed by atoms with Crippen LogP contribution in [0.1, 0.15) is 40.0 Å². The number of benzene rings is 1. The number of piperazine rings is 1. The Balaban J connectivity index is 1.65. The Morgan fingerprint density at radius 1 is 1.14 bits per heavy atom. The van der Waals surface area contributed by atoms with Crippen LogP contribution in [-0.2, 0) is 14.8 Å². The minimum absolute atomic E-state index is 0.153. The molecule has 0 radical (unpaired) electrons. The largest absolute Gasteiger partial charge is 0.332 e. The molecule has 0 aliphatic carbocycles. The first-order valence-corrected chi connectivity index (χ1v) is 12.0. The van der Waals surface area contributed by atoms with Gasteiger partial charge in [0.15, 0.2) is 6.04 Å². The number of nitrogens with zero attached hydrogens (tertiary/aromatic N) is 2. The van der Waals surface area contributed by atoms with Gasteiger partial charge in [-0.15, -0.1) is 0 Å². The van der Waals surface area contributed by atoms with Gasteiger partial charge in [-0.25, -0.2) is 8.42 Å². The van der Waals surface area contributed by atoms with E-state index in [-0.39, 0.29) is 34.0 Å². The van der Waals surface area contributed by atoms with Gasteiger partial charge < -0.3 is 9.80 Å². The molecule has 0 unspecified atom stereocenters. The second-order valence-electron chi connectivity index (χ2n) is 8.09. The molecule has 28 heavy (non-hydrogen) atoms. The van der Waals surface area contributed by atoms with E-state index in [0.717, 1.165) is 17.7 Å². The first kappa shape index (κ1) is 21.6. The number of carbonyl (C=O) groups excluding carboxylic acids is 1. The zero-order chi connectivity index (χ0) is 20.5. The van der Waals surface area contributed by atoms with Gasteiger partial charge in [-0.1, -0.05) is 23.7 Å². The molecule has 3 atom stereocenters. The summed E-state index contributed by atoms with van der Waals surface area (Å²) in [5.74, 6) is 0.192. The second-order valence-corrected chi connectivity index (χ2v) is 10.4. The van der Waals surface area contributed by atoms with Crippen LogP contribution >= 0.6 is 11.6 Å². The molecule has 8 heteroatoms. The fraction of sp³-hybridized carbons (Fsp3) is 0.650. The summed E-state index contributed by atoms with van der Waals surface area (Å²) >= 11 is 6.10. The van der Waals surface area contributed by atoms with Crippen LogP contribution in [0.4, 0.5) is 0 Å². The van der Waals surface area contributed by atoms with Crippen LogP contribution in [0.5, 0.6) is 0 Å². The third-order valence-corrected chi connectivity index (χ3v) is 8.65. The molecular weight excluding hydrogens is 398 g/mol. The number of rotatable bonds is 4. The minimum atomic E-state index is -3.61. The van der Waals surface area contributed by atoms with E-state index in [0.29, 0.717) is 26.2 Å². The molecule has 3 rings (SSSR count). The van der Waals surface area contributed by atoms with E-state index >= 15 is 0 Å². The highest BCUT2D eigenvalue weighted by Crippen LogP contribution is 2.25. The molecular formula is C20H31ClN3O3S+. The third kappa shape index (κ3) is 4.22. The fourth-order valence-corrected chi connectivity index (χ4v) is 6.43. The van der Waals surface area contributed by atoms with Crippen LogP contribution in [0.3, 0.4) is 0 Å². The molecule has 2 aliphatic rings. The van der Waals surface area contributed by atoms with Crippen molar-refractivity contribution < 1.29 is 18.1 Å². The van der Waals surface area contributed by atoms with E-state index < -0.39 is 10.0 Å². The second kappa shape index (κ2) is 8.69. The molecule has 1 amide bonds. The molecule has 1 aromatic carbocycles. The Hall–Kier alpha value is -1.15. The molecule has 2 aliphatic heterocycles. The van der Waals surface area contributed by atoms with Crippen molar-refractivity contribution in [3.05, 3.63) is 29.3 Å². The van der Waals surface area contributed by atoms with Crippen molar-refractivity contribution in [2.45, 2.75) is 63.1 Å². The van der Waals surface area contributed by atoms with Gasteiger partial charge in [0.25, 0.3) is 5.91 Å². The van der Waals surface area contributed by atoms with Crippen molar-refractivity contribution in [1.82, 2.24) is 9.21 Å². The maximum absolute atomic E-state index is 13.1. The Bertz CT molecular complexity index is 799. The molecule has 0 aromatic heterocycles. The number of likely N-dealkylation sites (tertiary alicyclic amines) is 1. The van der Waals surface area contributed by atoms with Gasteiger partial charge in [0.05, 0.1) is 31.2 Å². The highest BCUT2D eigenvalue weighted by Gasteiger charge is 2.39. The number of piperidine rings is 1. The highest BCUT2D eigenvalue weighted by molar-refractivity contribution is 7.89. The van der Waals surface area contributed by atoms with Crippen LogP contribution < -0.4 is 4.90 Å². The van der Waals surface area contributed by atoms with Gasteiger partial charge >= 0.3 is 0 Å². The summed E-state index contributed by atoms with van der Waals surface area (Å²) in [6.07, 6.45) is 3.29. The molecule has 6 nitrogen and oxygen atoms in total. The monoisotopic (exact) mass is 428 g/mol. The van der Waals surface area contributed by atoms with Gasteiger partial charge in [0.2, 0.25) is 10.0 Å². The number of amides is 1. The Labute approximate surface area is 173 Å². The third-order valence-electron chi connectivity index (χ3n) is 6.25. The van der Waals surface area contributed by atoms with E-state index in [2.05, 4.69) is 13.8 Å². The number of nitrogens with one attached hydrogen (secondary N) is 1. The standard InChI is InChI=1S/C20H30ClN3O3S/c1-15-7-6-8-16(2)24(15)20(25)17(3)22-11-13-23(14-12-22)28(26,27)19-10-5-4-9-18(19)21/h4-5,9-10,15-17H,6-8,11-14H2,1-3H3/p+1/t15-,16-,17+/m0/s1. The summed E-state index contributed by atoms with van der Waals surface area (Å²) in [7, 11) is -3.61. The van der Waals surface area contributed by atoms with Gasteiger partial charge in [0.1, 0.15) is 4.90 Å². The van der Waals surface area contributed by atoms with Gasteiger partial charge in [-0.2, -0.15) is 4.31 Å². The van der Waals surface area contributed by atoms with Crippen molar-refractivity contribution in [2.75, 3.05) is 26.2 Å². The Kier molecular flexibility index (Phi) is 6.69. The Morgan fingerprint density at radius 3 is 2.29 bits per heavy atom. The Morgan fingerprint density at radius 2 is 1.71 bits per heavy atom. The number of hydrogen-bond acceptors (Lipinski definition) is 3. The van der Waals surface area contributed by atoms with E-state index in [9.17, 15) is 13.2 Å². The number of hydrogen-bond donors (Lipinski definition) is 1. The zero-order valence-electron chi connectivity index (χ0n) is 16.9. The molecule has 1 N–H and O–H groups in total. The smallest absolute Gasteiger partial charge is 0.281 e. The minimum Gasteiger partial charge on any atom is -0.332 e. The summed E-state index contributed by atoms with van der Waals surface area (Å²) in [6.45, 7) is 8.26. The van der Waals surface area contributed by atoms with E-state index in [1.54, 1.807) is 24.3 Å². The number of carbonyl (C=O) groups is 1. The molecule has 1 aromatic rings. The van der Waals surface area contributed by atoms with Crippen LogP contribution in [0, 0.1) is 0 Å². The van der Waals surface area contributed by atoms with E-state index in [4.69, 9.17) is 11.6 Å². The lowest BCUT2D eigenvalue weighted by atomic mass is 9.96. The molecule has 2 fully saturated rings. The van der Waals surface area contributed by atoms with Crippen molar-refractivity contribution >= 4 is 27.5 Å².